The summed E-state index contributed by atoms with van der Waals surface area (Å²) in [4.78, 5) is 12.2. The van der Waals surface area contributed by atoms with Crippen LogP contribution in [0.3, 0.4) is 0 Å². The second-order valence-corrected chi connectivity index (χ2v) is 5.38. The normalized spacial score (nSPS) is 10.6. The van der Waals surface area contributed by atoms with Gasteiger partial charge < -0.3 is 4.74 Å². The van der Waals surface area contributed by atoms with Gasteiger partial charge in [-0.15, -0.1) is 0 Å². The van der Waals surface area contributed by atoms with Crippen LogP contribution in [0.15, 0.2) is 60.7 Å². The number of esters is 1. The zero-order chi connectivity index (χ0) is 14.4. The topological polar surface area (TPSA) is 26.3 Å². The fourth-order valence-corrected chi connectivity index (χ4v) is 2.55. The molecule has 0 aromatic heterocycles. The van der Waals surface area contributed by atoms with Gasteiger partial charge in [-0.3, -0.25) is 4.79 Å². The summed E-state index contributed by atoms with van der Waals surface area (Å²) in [6.07, 6.45) is 1.35. The van der Waals surface area contributed by atoms with Crippen molar-refractivity contribution in [2.45, 2.75) is 19.8 Å². The predicted octanol–water partition coefficient (Wildman–Crippen LogP) is 2.73. The van der Waals surface area contributed by atoms with Crippen molar-refractivity contribution in [1.29, 1.82) is 0 Å². The summed E-state index contributed by atoms with van der Waals surface area (Å²) in [7, 11) is 1.45. The Morgan fingerprint density at radius 3 is 1.62 bits per heavy atom. The predicted molar refractivity (Wildman–Crippen MR) is 89.0 cm³/mol. The Bertz CT molecular complexity index is 510. The molecule has 0 fully saturated rings. The van der Waals surface area contributed by atoms with Gasteiger partial charge in [0.2, 0.25) is 0 Å². The maximum atomic E-state index is 12.2. The number of methoxy groups -OCH3 is 1. The van der Waals surface area contributed by atoms with Crippen molar-refractivity contribution in [2.75, 3.05) is 7.11 Å². The van der Waals surface area contributed by atoms with Gasteiger partial charge in [-0.25, -0.2) is 0 Å². The molecule has 0 aliphatic heterocycles. The molecule has 110 valence electrons. The summed E-state index contributed by atoms with van der Waals surface area (Å²) in [5, 5.41) is 0. The molecule has 2 aromatic rings. The van der Waals surface area contributed by atoms with Crippen molar-refractivity contribution in [3.05, 3.63) is 71.8 Å². The molecule has 2 rings (SSSR count). The molecule has 0 unspecified atom stereocenters. The Kier molecular flexibility index (Phi) is 6.96. The molecular weight excluding hydrogens is 367 g/mol. The van der Waals surface area contributed by atoms with E-state index in [-0.39, 0.29) is 29.9 Å². The third-order valence-corrected chi connectivity index (χ3v) is 3.55. The van der Waals surface area contributed by atoms with Crippen molar-refractivity contribution in [3.8, 4) is 0 Å². The third-order valence-electron chi connectivity index (χ3n) is 3.55. The molecule has 0 aliphatic carbocycles. The van der Waals surface area contributed by atoms with Crippen LogP contribution in [-0.4, -0.2) is 37.0 Å². The number of carbonyl (C=O) groups is 1. The summed E-state index contributed by atoms with van der Waals surface area (Å²) in [5.41, 5.74) is 1.75. The van der Waals surface area contributed by atoms with Gasteiger partial charge in [0.1, 0.15) is 0 Å². The minimum atomic E-state index is -0.544. The van der Waals surface area contributed by atoms with E-state index in [4.69, 9.17) is 4.74 Å². The van der Waals surface area contributed by atoms with Crippen LogP contribution in [0, 0.1) is 5.41 Å². The van der Waals surface area contributed by atoms with E-state index in [0.717, 1.165) is 11.1 Å². The second-order valence-electron chi connectivity index (χ2n) is 5.38. The van der Waals surface area contributed by atoms with Gasteiger partial charge in [-0.2, -0.15) is 0 Å². The zero-order valence-corrected chi connectivity index (χ0v) is 16.7. The standard InChI is InChI=1S/C18H20O2.Sn.2H/c1-18(17(19)20-2,13-15-9-5-3-6-10-15)14-16-11-7-4-8-12-16;;;/h3-12H,13-14H2,1-2H3;;;. The molecule has 2 radical (unpaired) electrons. The third kappa shape index (κ3) is 4.88. The zero-order valence-electron chi connectivity index (χ0n) is 12.7. The summed E-state index contributed by atoms with van der Waals surface area (Å²) in [6, 6.07) is 20.1. The first-order chi connectivity index (χ1) is 9.64. The molecular formula is C18H22O2Sn. The van der Waals surface area contributed by atoms with E-state index in [1.54, 1.807) is 0 Å². The second kappa shape index (κ2) is 8.22. The molecule has 0 aliphatic rings. The fraction of sp³-hybridized carbons (Fsp3) is 0.278. The molecule has 3 heteroatoms. The Balaban J connectivity index is 0.00000220. The molecule has 0 saturated carbocycles. The van der Waals surface area contributed by atoms with Gasteiger partial charge in [0.05, 0.1) is 12.5 Å². The van der Waals surface area contributed by atoms with Crippen LogP contribution in [-0.2, 0) is 22.4 Å². The number of ether oxygens (including phenoxy) is 1. The first-order valence-electron chi connectivity index (χ1n) is 6.80. The monoisotopic (exact) mass is 390 g/mol. The van der Waals surface area contributed by atoms with E-state index in [1.165, 1.54) is 7.11 Å². The molecule has 0 spiro atoms. The maximum absolute atomic E-state index is 12.2. The quantitative estimate of drug-likeness (QED) is 0.581. The van der Waals surface area contributed by atoms with E-state index in [2.05, 4.69) is 0 Å². The van der Waals surface area contributed by atoms with E-state index in [1.807, 2.05) is 67.6 Å². The minimum absolute atomic E-state index is 0. The summed E-state index contributed by atoms with van der Waals surface area (Å²) >= 11 is 0. The molecule has 0 atom stereocenters. The van der Waals surface area contributed by atoms with E-state index in [0.29, 0.717) is 12.8 Å². The fourth-order valence-electron chi connectivity index (χ4n) is 2.55. The number of hydrogen-bond acceptors (Lipinski definition) is 2. The van der Waals surface area contributed by atoms with Gasteiger partial charge in [0.25, 0.3) is 0 Å². The average Bonchev–Trinajstić information content (AvgIpc) is 2.48. The van der Waals surface area contributed by atoms with E-state index < -0.39 is 5.41 Å². The van der Waals surface area contributed by atoms with E-state index in [9.17, 15) is 4.79 Å². The first-order valence-corrected chi connectivity index (χ1v) is 6.80. The number of rotatable bonds is 5. The van der Waals surface area contributed by atoms with Crippen molar-refractivity contribution in [1.82, 2.24) is 0 Å². The summed E-state index contributed by atoms with van der Waals surface area (Å²) in [6.45, 7) is 1.97. The van der Waals surface area contributed by atoms with Crippen LogP contribution in [0.4, 0.5) is 0 Å². The molecule has 0 saturated heterocycles. The Labute approximate surface area is 143 Å². The molecule has 0 heterocycles. The molecule has 2 aromatic carbocycles. The van der Waals surface area contributed by atoms with Crippen LogP contribution < -0.4 is 0 Å². The Morgan fingerprint density at radius 1 is 0.905 bits per heavy atom. The van der Waals surface area contributed by atoms with Crippen LogP contribution in [0.25, 0.3) is 0 Å². The SMILES string of the molecule is COC(=O)C(C)(Cc1ccccc1)Cc1ccccc1.[SnH2]. The van der Waals surface area contributed by atoms with Crippen LogP contribution >= 0.6 is 0 Å². The molecule has 21 heavy (non-hydrogen) atoms. The van der Waals surface area contributed by atoms with Gasteiger partial charge in [-0.05, 0) is 30.9 Å². The number of hydrogen-bond donors (Lipinski definition) is 0. The molecule has 0 bridgehead atoms. The van der Waals surface area contributed by atoms with Crippen molar-refractivity contribution < 1.29 is 9.53 Å². The molecule has 2 nitrogen and oxygen atoms in total. The van der Waals surface area contributed by atoms with Gasteiger partial charge >= 0.3 is 29.9 Å². The van der Waals surface area contributed by atoms with Crippen molar-refractivity contribution >= 4 is 29.9 Å². The Morgan fingerprint density at radius 2 is 1.29 bits per heavy atom. The van der Waals surface area contributed by atoms with Crippen LogP contribution in [0.1, 0.15) is 18.1 Å². The van der Waals surface area contributed by atoms with Crippen molar-refractivity contribution in [2.24, 2.45) is 5.41 Å². The van der Waals surface area contributed by atoms with E-state index >= 15 is 0 Å². The average molecular weight is 389 g/mol. The van der Waals surface area contributed by atoms with Crippen LogP contribution in [0.2, 0.25) is 0 Å². The van der Waals surface area contributed by atoms with Gasteiger partial charge in [0, 0.05) is 0 Å². The number of benzene rings is 2. The number of carbonyl (C=O) groups excluding carboxylic acids is 1. The van der Waals surface area contributed by atoms with Crippen molar-refractivity contribution in [3.63, 3.8) is 0 Å². The summed E-state index contributed by atoms with van der Waals surface area (Å²) in [5.74, 6) is -0.162. The Hall–Kier alpha value is -1.29. The van der Waals surface area contributed by atoms with Gasteiger partial charge in [-0.1, -0.05) is 60.7 Å². The van der Waals surface area contributed by atoms with Crippen LogP contribution in [0.5, 0.6) is 0 Å². The summed E-state index contributed by atoms with van der Waals surface area (Å²) < 4.78 is 5.02. The first kappa shape index (κ1) is 17.8. The molecule has 0 amide bonds. The molecule has 0 N–H and O–H groups in total. The van der Waals surface area contributed by atoms with Gasteiger partial charge in [0.15, 0.2) is 0 Å².